The third kappa shape index (κ3) is 7.00. The van der Waals surface area contributed by atoms with E-state index >= 15 is 0 Å². The van der Waals surface area contributed by atoms with Crippen LogP contribution < -0.4 is 15.6 Å². The third-order valence-corrected chi connectivity index (χ3v) is 5.98. The van der Waals surface area contributed by atoms with E-state index in [0.717, 1.165) is 5.69 Å². The summed E-state index contributed by atoms with van der Waals surface area (Å²) in [5.74, 6) is -0.443. The zero-order valence-corrected chi connectivity index (χ0v) is 22.3. The molecule has 0 bridgehead atoms. The standard InChI is InChI=1S/C29H24ClN5O5/c1-34(2)21-10-8-19(9-11-21)16-26(32-28(36)20-6-4-3-5-7-20)29(37)33-31-18-23-13-15-27(40-23)24-14-12-22(35(38)39)17-25(24)30/h3-18H,1-2H3,(H,32,36)(H,33,37). The van der Waals surface area contributed by atoms with Gasteiger partial charge in [0.2, 0.25) is 0 Å². The molecule has 1 aromatic heterocycles. The molecule has 1 heterocycles. The van der Waals surface area contributed by atoms with Crippen molar-refractivity contribution in [2.24, 2.45) is 5.10 Å². The van der Waals surface area contributed by atoms with Gasteiger partial charge in [-0.3, -0.25) is 19.7 Å². The molecule has 0 fully saturated rings. The number of hydrogen-bond donors (Lipinski definition) is 2. The molecule has 0 radical (unpaired) electrons. The van der Waals surface area contributed by atoms with Crippen LogP contribution in [-0.4, -0.2) is 37.0 Å². The van der Waals surface area contributed by atoms with Gasteiger partial charge < -0.3 is 14.6 Å². The molecule has 202 valence electrons. The minimum atomic E-state index is -0.651. The van der Waals surface area contributed by atoms with Crippen LogP contribution in [0.4, 0.5) is 11.4 Å². The molecule has 4 aromatic rings. The first-order valence-electron chi connectivity index (χ1n) is 11.9. The van der Waals surface area contributed by atoms with Crippen molar-refractivity contribution in [1.29, 1.82) is 0 Å². The lowest BCUT2D eigenvalue weighted by molar-refractivity contribution is -0.384. The minimum absolute atomic E-state index is 0.0126. The molecule has 0 spiro atoms. The van der Waals surface area contributed by atoms with Gasteiger partial charge in [0.05, 0.1) is 16.2 Å². The van der Waals surface area contributed by atoms with Crippen LogP contribution in [-0.2, 0) is 4.79 Å². The van der Waals surface area contributed by atoms with Gasteiger partial charge in [0.15, 0.2) is 0 Å². The SMILES string of the molecule is CN(C)c1ccc(C=C(NC(=O)c2ccccc2)C(=O)NN=Cc2ccc(-c3ccc([N+](=O)[O-])cc3Cl)o2)cc1. The van der Waals surface area contributed by atoms with E-state index in [1.807, 2.05) is 43.3 Å². The summed E-state index contributed by atoms with van der Waals surface area (Å²) in [6.45, 7) is 0. The molecule has 2 N–H and O–H groups in total. The number of carbonyl (C=O) groups excluding carboxylic acids is 2. The zero-order chi connectivity index (χ0) is 28.6. The highest BCUT2D eigenvalue weighted by Gasteiger charge is 2.15. The summed E-state index contributed by atoms with van der Waals surface area (Å²) in [6.07, 6.45) is 2.83. The monoisotopic (exact) mass is 557 g/mol. The zero-order valence-electron chi connectivity index (χ0n) is 21.5. The summed E-state index contributed by atoms with van der Waals surface area (Å²) in [6, 6.07) is 23.2. The predicted octanol–water partition coefficient (Wildman–Crippen LogP) is 5.50. The number of hydrogen-bond acceptors (Lipinski definition) is 7. The average Bonchev–Trinajstić information content (AvgIpc) is 3.41. The van der Waals surface area contributed by atoms with Gasteiger partial charge in [-0.25, -0.2) is 5.43 Å². The molecule has 4 rings (SSSR count). The summed E-state index contributed by atoms with van der Waals surface area (Å²) in [5, 5.41) is 17.7. The first kappa shape index (κ1) is 27.8. The molecule has 0 aliphatic rings. The van der Waals surface area contributed by atoms with Gasteiger partial charge >= 0.3 is 0 Å². The quantitative estimate of drug-likeness (QED) is 0.121. The Kier molecular flexibility index (Phi) is 8.72. The van der Waals surface area contributed by atoms with E-state index in [4.69, 9.17) is 16.0 Å². The second kappa shape index (κ2) is 12.5. The Labute approximate surface area is 234 Å². The van der Waals surface area contributed by atoms with E-state index in [9.17, 15) is 19.7 Å². The van der Waals surface area contributed by atoms with Gasteiger partial charge in [-0.15, -0.1) is 0 Å². The number of non-ortho nitro benzene ring substituents is 1. The highest BCUT2D eigenvalue weighted by Crippen LogP contribution is 2.32. The maximum atomic E-state index is 13.0. The number of hydrazone groups is 1. The summed E-state index contributed by atoms with van der Waals surface area (Å²) in [4.78, 5) is 38.1. The minimum Gasteiger partial charge on any atom is -0.455 e. The number of carbonyl (C=O) groups is 2. The predicted molar refractivity (Wildman–Crippen MR) is 154 cm³/mol. The Morgan fingerprint density at radius 3 is 2.38 bits per heavy atom. The number of anilines is 1. The molecule has 0 atom stereocenters. The second-order valence-electron chi connectivity index (χ2n) is 8.69. The van der Waals surface area contributed by atoms with Crippen LogP contribution in [0.1, 0.15) is 21.7 Å². The maximum absolute atomic E-state index is 13.0. The fraction of sp³-hybridized carbons (Fsp3) is 0.0690. The molecule has 0 aliphatic carbocycles. The Morgan fingerprint density at radius 1 is 1.00 bits per heavy atom. The lowest BCUT2D eigenvalue weighted by Gasteiger charge is -2.12. The summed E-state index contributed by atoms with van der Waals surface area (Å²) < 4.78 is 5.70. The van der Waals surface area contributed by atoms with Crippen molar-refractivity contribution in [2.75, 3.05) is 19.0 Å². The fourth-order valence-electron chi connectivity index (χ4n) is 3.58. The van der Waals surface area contributed by atoms with Crippen molar-refractivity contribution in [3.05, 3.63) is 123 Å². The lowest BCUT2D eigenvalue weighted by atomic mass is 10.1. The number of nitro benzene ring substituents is 1. The van der Waals surface area contributed by atoms with Crippen LogP contribution in [0.5, 0.6) is 0 Å². The fourth-order valence-corrected chi connectivity index (χ4v) is 3.84. The first-order chi connectivity index (χ1) is 19.2. The Hall–Kier alpha value is -5.22. The number of nitrogens with zero attached hydrogens (tertiary/aromatic N) is 3. The molecule has 11 heteroatoms. The smallest absolute Gasteiger partial charge is 0.287 e. The molecule has 0 saturated carbocycles. The number of nitro groups is 1. The molecule has 0 aliphatic heterocycles. The summed E-state index contributed by atoms with van der Waals surface area (Å²) >= 11 is 6.18. The lowest BCUT2D eigenvalue weighted by Crippen LogP contribution is -2.32. The molecule has 2 amide bonds. The van der Waals surface area contributed by atoms with Gasteiger partial charge in [-0.05, 0) is 54.1 Å². The Balaban J connectivity index is 1.50. The van der Waals surface area contributed by atoms with Gasteiger partial charge in [0, 0.05) is 43.0 Å². The first-order valence-corrected chi connectivity index (χ1v) is 12.3. The van der Waals surface area contributed by atoms with Gasteiger partial charge in [-0.1, -0.05) is 41.9 Å². The van der Waals surface area contributed by atoms with E-state index in [1.54, 1.807) is 48.5 Å². The molecule has 40 heavy (non-hydrogen) atoms. The van der Waals surface area contributed by atoms with Gasteiger partial charge in [0.25, 0.3) is 17.5 Å². The van der Waals surface area contributed by atoms with E-state index in [0.29, 0.717) is 28.2 Å². The van der Waals surface area contributed by atoms with Crippen molar-refractivity contribution in [3.8, 4) is 11.3 Å². The summed E-state index contributed by atoms with van der Waals surface area (Å²) in [7, 11) is 3.84. The molecule has 0 saturated heterocycles. The largest absolute Gasteiger partial charge is 0.455 e. The van der Waals surface area contributed by atoms with E-state index in [-0.39, 0.29) is 16.4 Å². The molecule has 3 aromatic carbocycles. The van der Waals surface area contributed by atoms with Crippen molar-refractivity contribution in [2.45, 2.75) is 0 Å². The Bertz CT molecular complexity index is 1590. The van der Waals surface area contributed by atoms with Gasteiger partial charge in [0.1, 0.15) is 17.2 Å². The molecular weight excluding hydrogens is 534 g/mol. The van der Waals surface area contributed by atoms with Crippen LogP contribution in [0.2, 0.25) is 5.02 Å². The van der Waals surface area contributed by atoms with Crippen molar-refractivity contribution in [3.63, 3.8) is 0 Å². The van der Waals surface area contributed by atoms with Crippen molar-refractivity contribution in [1.82, 2.24) is 10.7 Å². The van der Waals surface area contributed by atoms with Crippen LogP contribution in [0.15, 0.2) is 100 Å². The molecular formula is C29H24ClN5O5. The van der Waals surface area contributed by atoms with Crippen molar-refractivity contribution < 1.29 is 18.9 Å². The van der Waals surface area contributed by atoms with E-state index < -0.39 is 16.7 Å². The van der Waals surface area contributed by atoms with E-state index in [2.05, 4.69) is 15.8 Å². The number of halogens is 1. The van der Waals surface area contributed by atoms with Crippen LogP contribution >= 0.6 is 11.6 Å². The van der Waals surface area contributed by atoms with Crippen LogP contribution in [0, 0.1) is 10.1 Å². The van der Waals surface area contributed by atoms with Crippen molar-refractivity contribution >= 4 is 47.1 Å². The second-order valence-corrected chi connectivity index (χ2v) is 9.09. The van der Waals surface area contributed by atoms with Crippen LogP contribution in [0.3, 0.4) is 0 Å². The number of amides is 2. The number of benzene rings is 3. The number of furan rings is 1. The average molecular weight is 558 g/mol. The Morgan fingerprint density at radius 2 is 1.73 bits per heavy atom. The highest BCUT2D eigenvalue weighted by molar-refractivity contribution is 6.33. The van der Waals surface area contributed by atoms with Crippen LogP contribution in [0.25, 0.3) is 17.4 Å². The topological polar surface area (TPSA) is 130 Å². The highest BCUT2D eigenvalue weighted by atomic mass is 35.5. The number of rotatable bonds is 9. The normalized spacial score (nSPS) is 11.3. The third-order valence-electron chi connectivity index (χ3n) is 5.66. The molecule has 10 nitrogen and oxygen atoms in total. The molecule has 0 unspecified atom stereocenters. The number of nitrogens with one attached hydrogen (secondary N) is 2. The van der Waals surface area contributed by atoms with E-state index in [1.165, 1.54) is 24.4 Å². The summed E-state index contributed by atoms with van der Waals surface area (Å²) in [5.41, 5.74) is 4.78. The maximum Gasteiger partial charge on any atom is 0.287 e. The van der Waals surface area contributed by atoms with Gasteiger partial charge in [-0.2, -0.15) is 5.10 Å².